The number of hydrogen-bond acceptors (Lipinski definition) is 3. The highest BCUT2D eigenvalue weighted by atomic mass is 35.5. The lowest BCUT2D eigenvalue weighted by atomic mass is 9.99. The molecule has 0 radical (unpaired) electrons. The number of rotatable bonds is 6. The van der Waals surface area contributed by atoms with Crippen LogP contribution in [-0.2, 0) is 4.79 Å². The Labute approximate surface area is 166 Å². The molecule has 0 saturated carbocycles. The first-order chi connectivity index (χ1) is 13.0. The summed E-state index contributed by atoms with van der Waals surface area (Å²) in [6, 6.07) is 15.4. The number of carbonyl (C=O) groups is 1. The molecule has 27 heavy (non-hydrogen) atoms. The second-order valence-electron chi connectivity index (χ2n) is 7.32. The predicted molar refractivity (Wildman–Crippen MR) is 111 cm³/mol. The molecule has 0 aliphatic carbocycles. The van der Waals surface area contributed by atoms with Crippen LogP contribution in [0.3, 0.4) is 0 Å². The number of piperidine rings is 1. The van der Waals surface area contributed by atoms with Gasteiger partial charge in [0.05, 0.1) is 6.04 Å². The van der Waals surface area contributed by atoms with E-state index in [0.29, 0.717) is 10.8 Å². The molecule has 2 aromatic rings. The third kappa shape index (κ3) is 5.64. The van der Waals surface area contributed by atoms with Crippen LogP contribution in [0.4, 0.5) is 5.69 Å². The van der Waals surface area contributed by atoms with Crippen molar-refractivity contribution >= 4 is 23.2 Å². The third-order valence-electron chi connectivity index (χ3n) is 4.98. The second-order valence-corrected chi connectivity index (χ2v) is 7.75. The van der Waals surface area contributed by atoms with Gasteiger partial charge in [0.1, 0.15) is 5.75 Å². The molecule has 4 nitrogen and oxygen atoms in total. The molecular formula is C22H27ClN2O2. The smallest absolute Gasteiger partial charge is 0.258 e. The molecule has 1 aliphatic heterocycles. The highest BCUT2D eigenvalue weighted by Crippen LogP contribution is 2.24. The van der Waals surface area contributed by atoms with Gasteiger partial charge in [0.25, 0.3) is 5.91 Å². The largest absolute Gasteiger partial charge is 0.484 e. The Balaban J connectivity index is 1.50. The number of hydrogen-bond donors (Lipinski definition) is 1. The summed E-state index contributed by atoms with van der Waals surface area (Å²) in [6.07, 6.45) is 2.57. The topological polar surface area (TPSA) is 41.6 Å². The molecule has 3 rings (SSSR count). The van der Waals surface area contributed by atoms with Crippen molar-refractivity contribution in [2.75, 3.05) is 24.6 Å². The lowest BCUT2D eigenvalue weighted by Gasteiger charge is -2.33. The maximum Gasteiger partial charge on any atom is 0.258 e. The zero-order valence-electron chi connectivity index (χ0n) is 16.0. The molecular weight excluding hydrogens is 360 g/mol. The van der Waals surface area contributed by atoms with Gasteiger partial charge in [-0.1, -0.05) is 30.7 Å². The van der Waals surface area contributed by atoms with E-state index in [2.05, 4.69) is 41.4 Å². The molecule has 1 saturated heterocycles. The molecule has 0 unspecified atom stereocenters. The summed E-state index contributed by atoms with van der Waals surface area (Å²) >= 11 is 5.84. The van der Waals surface area contributed by atoms with Crippen LogP contribution in [0.25, 0.3) is 0 Å². The standard InChI is InChI=1S/C22H27ClN2O2/c1-16-4-3-13-25(14-16)20-9-5-18(6-10-20)17(2)24-22(26)15-27-21-11-7-19(23)8-12-21/h5-12,16-17H,3-4,13-15H2,1-2H3,(H,24,26)/t16-,17-/m0/s1. The fraction of sp³-hybridized carbons (Fsp3) is 0.409. The molecule has 1 aliphatic rings. The van der Waals surface area contributed by atoms with Crippen LogP contribution in [0.5, 0.6) is 5.75 Å². The molecule has 0 spiro atoms. The maximum atomic E-state index is 12.1. The minimum atomic E-state index is -0.147. The monoisotopic (exact) mass is 386 g/mol. The molecule has 2 aromatic carbocycles. The normalized spacial score (nSPS) is 18.0. The van der Waals surface area contributed by atoms with Crippen LogP contribution >= 0.6 is 11.6 Å². The van der Waals surface area contributed by atoms with Crippen LogP contribution < -0.4 is 15.0 Å². The predicted octanol–water partition coefficient (Wildman–Crippen LogP) is 4.83. The number of amides is 1. The molecule has 5 heteroatoms. The lowest BCUT2D eigenvalue weighted by Crippen LogP contribution is -2.34. The minimum absolute atomic E-state index is 0.0181. The summed E-state index contributed by atoms with van der Waals surface area (Å²) in [5.74, 6) is 1.23. The van der Waals surface area contributed by atoms with E-state index >= 15 is 0 Å². The van der Waals surface area contributed by atoms with E-state index < -0.39 is 0 Å². The van der Waals surface area contributed by atoms with E-state index in [-0.39, 0.29) is 18.6 Å². The SMILES string of the molecule is C[C@H]1CCCN(c2ccc([C@H](C)NC(=O)COc3ccc(Cl)cc3)cc2)C1. The first-order valence-electron chi connectivity index (χ1n) is 9.54. The van der Waals surface area contributed by atoms with Gasteiger partial charge in [0.2, 0.25) is 0 Å². The molecule has 1 amide bonds. The molecule has 1 fully saturated rings. The number of nitrogens with zero attached hydrogens (tertiary/aromatic N) is 1. The van der Waals surface area contributed by atoms with Gasteiger partial charge in [0, 0.05) is 23.8 Å². The van der Waals surface area contributed by atoms with Gasteiger partial charge in [0.15, 0.2) is 6.61 Å². The van der Waals surface area contributed by atoms with Crippen molar-refractivity contribution in [2.45, 2.75) is 32.7 Å². The zero-order valence-corrected chi connectivity index (χ0v) is 16.7. The summed E-state index contributed by atoms with van der Waals surface area (Å²) in [5, 5.41) is 3.62. The Kier molecular flexibility index (Phi) is 6.62. The molecule has 0 bridgehead atoms. The summed E-state index contributed by atoms with van der Waals surface area (Å²) in [7, 11) is 0. The Bertz CT molecular complexity index is 746. The first-order valence-corrected chi connectivity index (χ1v) is 9.91. The van der Waals surface area contributed by atoms with Crippen molar-refractivity contribution in [3.8, 4) is 5.75 Å². The molecule has 2 atom stereocenters. The van der Waals surface area contributed by atoms with Crippen molar-refractivity contribution in [1.82, 2.24) is 5.32 Å². The zero-order chi connectivity index (χ0) is 19.2. The Morgan fingerprint density at radius 3 is 2.59 bits per heavy atom. The van der Waals surface area contributed by atoms with E-state index in [1.165, 1.54) is 18.5 Å². The van der Waals surface area contributed by atoms with Gasteiger partial charge in [-0.05, 0) is 67.6 Å². The quantitative estimate of drug-likeness (QED) is 0.772. The van der Waals surface area contributed by atoms with Crippen LogP contribution in [0.2, 0.25) is 5.02 Å². The van der Waals surface area contributed by atoms with Crippen molar-refractivity contribution in [2.24, 2.45) is 5.92 Å². The third-order valence-corrected chi connectivity index (χ3v) is 5.23. The van der Waals surface area contributed by atoms with Gasteiger partial charge >= 0.3 is 0 Å². The van der Waals surface area contributed by atoms with Gasteiger partial charge in [-0.3, -0.25) is 4.79 Å². The van der Waals surface area contributed by atoms with Gasteiger partial charge < -0.3 is 15.0 Å². The van der Waals surface area contributed by atoms with Crippen LogP contribution in [0, 0.1) is 5.92 Å². The van der Waals surface area contributed by atoms with Crippen LogP contribution in [-0.4, -0.2) is 25.6 Å². The number of carbonyl (C=O) groups excluding carboxylic acids is 1. The van der Waals surface area contributed by atoms with Gasteiger partial charge in [-0.25, -0.2) is 0 Å². The molecule has 1 N–H and O–H groups in total. The maximum absolute atomic E-state index is 12.1. The summed E-state index contributed by atoms with van der Waals surface area (Å²) in [4.78, 5) is 14.6. The molecule has 1 heterocycles. The highest BCUT2D eigenvalue weighted by molar-refractivity contribution is 6.30. The Morgan fingerprint density at radius 1 is 1.22 bits per heavy atom. The summed E-state index contributed by atoms with van der Waals surface area (Å²) in [6.45, 7) is 6.52. The number of ether oxygens (including phenoxy) is 1. The molecule has 144 valence electrons. The number of benzene rings is 2. The number of anilines is 1. The number of halogens is 1. The average Bonchev–Trinajstić information content (AvgIpc) is 2.67. The average molecular weight is 387 g/mol. The second kappa shape index (κ2) is 9.14. The van der Waals surface area contributed by atoms with E-state index in [1.807, 2.05) is 6.92 Å². The van der Waals surface area contributed by atoms with Crippen molar-refractivity contribution in [3.05, 3.63) is 59.1 Å². The summed E-state index contributed by atoms with van der Waals surface area (Å²) < 4.78 is 5.49. The fourth-order valence-corrected chi connectivity index (χ4v) is 3.57. The van der Waals surface area contributed by atoms with E-state index in [0.717, 1.165) is 24.6 Å². The Morgan fingerprint density at radius 2 is 1.93 bits per heavy atom. The van der Waals surface area contributed by atoms with E-state index in [1.54, 1.807) is 24.3 Å². The molecule has 0 aromatic heterocycles. The van der Waals surface area contributed by atoms with Crippen molar-refractivity contribution in [1.29, 1.82) is 0 Å². The van der Waals surface area contributed by atoms with Crippen LogP contribution in [0.1, 0.15) is 38.3 Å². The van der Waals surface area contributed by atoms with Crippen molar-refractivity contribution < 1.29 is 9.53 Å². The lowest BCUT2D eigenvalue weighted by molar-refractivity contribution is -0.123. The van der Waals surface area contributed by atoms with Gasteiger partial charge in [-0.2, -0.15) is 0 Å². The minimum Gasteiger partial charge on any atom is -0.484 e. The fourth-order valence-electron chi connectivity index (χ4n) is 3.44. The Hall–Kier alpha value is -2.20. The summed E-state index contributed by atoms with van der Waals surface area (Å²) in [5.41, 5.74) is 2.35. The van der Waals surface area contributed by atoms with Crippen LogP contribution in [0.15, 0.2) is 48.5 Å². The van der Waals surface area contributed by atoms with E-state index in [9.17, 15) is 4.79 Å². The first kappa shape index (κ1) is 19.6. The van der Waals surface area contributed by atoms with Crippen molar-refractivity contribution in [3.63, 3.8) is 0 Å². The van der Waals surface area contributed by atoms with E-state index in [4.69, 9.17) is 16.3 Å². The number of nitrogens with one attached hydrogen (secondary N) is 1. The highest BCUT2D eigenvalue weighted by Gasteiger charge is 2.17. The van der Waals surface area contributed by atoms with Gasteiger partial charge in [-0.15, -0.1) is 0 Å².